The summed E-state index contributed by atoms with van der Waals surface area (Å²) in [5.41, 5.74) is 4.49. The molecule has 0 unspecified atom stereocenters. The molecule has 0 bridgehead atoms. The average molecular weight is 506 g/mol. The van der Waals surface area contributed by atoms with Gasteiger partial charge in [0.25, 0.3) is 0 Å². The third kappa shape index (κ3) is 5.70. The molecule has 38 heavy (non-hydrogen) atoms. The number of H-pyrrole nitrogens is 1. The maximum Gasteiger partial charge on any atom is 0.323 e. The number of aromatic nitrogens is 3. The van der Waals surface area contributed by atoms with Crippen LogP contribution in [0.1, 0.15) is 35.7 Å². The number of ketones is 1. The lowest BCUT2D eigenvalue weighted by atomic mass is 10.0. The van der Waals surface area contributed by atoms with Crippen molar-refractivity contribution in [1.29, 1.82) is 0 Å². The Kier molecular flexibility index (Phi) is 7.40. The van der Waals surface area contributed by atoms with Crippen molar-refractivity contribution in [2.75, 3.05) is 17.2 Å². The molecule has 5 rings (SSSR count). The number of rotatable bonds is 9. The van der Waals surface area contributed by atoms with Crippen LogP contribution in [0, 0.1) is 0 Å². The van der Waals surface area contributed by atoms with E-state index in [1.165, 1.54) is 0 Å². The normalized spacial score (nSPS) is 10.8. The van der Waals surface area contributed by atoms with E-state index in [0.29, 0.717) is 34.8 Å². The van der Waals surface area contributed by atoms with Crippen molar-refractivity contribution in [3.8, 4) is 16.9 Å². The first-order valence-electron chi connectivity index (χ1n) is 12.4. The summed E-state index contributed by atoms with van der Waals surface area (Å²) in [6.45, 7) is 2.78. The number of ether oxygens (including phenoxy) is 1. The molecule has 0 fully saturated rings. The second kappa shape index (κ2) is 11.4. The van der Waals surface area contributed by atoms with Crippen LogP contribution in [-0.2, 0) is 0 Å². The Hall–Kier alpha value is -4.98. The van der Waals surface area contributed by atoms with Crippen molar-refractivity contribution < 1.29 is 14.3 Å². The quantitative estimate of drug-likeness (QED) is 0.153. The van der Waals surface area contributed by atoms with Crippen LogP contribution in [0.5, 0.6) is 5.75 Å². The van der Waals surface area contributed by atoms with Gasteiger partial charge in [0.05, 0.1) is 6.61 Å². The number of amides is 2. The van der Waals surface area contributed by atoms with Gasteiger partial charge in [0, 0.05) is 63.8 Å². The zero-order valence-electron chi connectivity index (χ0n) is 20.9. The van der Waals surface area contributed by atoms with E-state index in [9.17, 15) is 9.59 Å². The number of hydrogen-bond donors (Lipinski definition) is 3. The third-order valence-electron chi connectivity index (χ3n) is 6.03. The van der Waals surface area contributed by atoms with Gasteiger partial charge in [-0.05, 0) is 55.0 Å². The molecule has 0 spiro atoms. The van der Waals surface area contributed by atoms with Crippen molar-refractivity contribution in [2.24, 2.45) is 0 Å². The number of urea groups is 1. The van der Waals surface area contributed by atoms with Gasteiger partial charge in [-0.3, -0.25) is 9.78 Å². The van der Waals surface area contributed by atoms with E-state index < -0.39 is 6.03 Å². The number of fused-ring (bicyclic) bond motifs is 1. The summed E-state index contributed by atoms with van der Waals surface area (Å²) in [5, 5.41) is 6.31. The lowest BCUT2D eigenvalue weighted by Crippen LogP contribution is -2.19. The van der Waals surface area contributed by atoms with Gasteiger partial charge in [-0.25, -0.2) is 9.78 Å². The number of unbranched alkanes of at least 4 members (excludes halogenated alkanes) is 1. The number of pyridine rings is 2. The first kappa shape index (κ1) is 24.7. The molecule has 0 radical (unpaired) electrons. The zero-order chi connectivity index (χ0) is 26.3. The topological polar surface area (TPSA) is 109 Å². The SMILES string of the molecule is CCCCOc1ccc(NC(=O)Nc2cccc(C(=O)c3c[nH]c4ncc(-c5cccnc5)cc34)c2)cc1. The summed E-state index contributed by atoms with van der Waals surface area (Å²) < 4.78 is 5.65. The minimum absolute atomic E-state index is 0.177. The maximum atomic E-state index is 13.4. The Morgan fingerprint density at radius 1 is 0.921 bits per heavy atom. The summed E-state index contributed by atoms with van der Waals surface area (Å²) >= 11 is 0. The van der Waals surface area contributed by atoms with Gasteiger partial charge in [-0.2, -0.15) is 0 Å². The molecule has 3 heterocycles. The van der Waals surface area contributed by atoms with Gasteiger partial charge in [0.1, 0.15) is 11.4 Å². The monoisotopic (exact) mass is 505 g/mol. The summed E-state index contributed by atoms with van der Waals surface area (Å²) in [7, 11) is 0. The van der Waals surface area contributed by atoms with Crippen LogP contribution in [0.3, 0.4) is 0 Å². The minimum Gasteiger partial charge on any atom is -0.494 e. The van der Waals surface area contributed by atoms with E-state index in [-0.39, 0.29) is 5.78 Å². The fraction of sp³-hybridized carbons (Fsp3) is 0.133. The minimum atomic E-state index is -0.411. The second-order valence-corrected chi connectivity index (χ2v) is 8.78. The number of carbonyl (C=O) groups excluding carboxylic acids is 2. The first-order valence-corrected chi connectivity index (χ1v) is 12.4. The predicted octanol–water partition coefficient (Wildman–Crippen LogP) is 6.68. The molecular formula is C30H27N5O3. The van der Waals surface area contributed by atoms with Crippen LogP contribution < -0.4 is 15.4 Å². The number of benzene rings is 2. The van der Waals surface area contributed by atoms with E-state index in [0.717, 1.165) is 35.1 Å². The summed E-state index contributed by atoms with van der Waals surface area (Å²) in [6, 6.07) is 19.4. The lowest BCUT2D eigenvalue weighted by molar-refractivity contribution is 0.104. The molecule has 2 aromatic carbocycles. The summed E-state index contributed by atoms with van der Waals surface area (Å²) in [4.78, 5) is 37.7. The van der Waals surface area contributed by atoms with Crippen LogP contribution in [0.2, 0.25) is 0 Å². The summed E-state index contributed by atoms with van der Waals surface area (Å²) in [6.07, 6.45) is 8.94. The second-order valence-electron chi connectivity index (χ2n) is 8.78. The molecule has 190 valence electrons. The van der Waals surface area contributed by atoms with Crippen LogP contribution in [0.15, 0.2) is 91.5 Å². The molecule has 5 aromatic rings. The smallest absolute Gasteiger partial charge is 0.323 e. The maximum absolute atomic E-state index is 13.4. The van der Waals surface area contributed by atoms with Crippen molar-refractivity contribution in [3.05, 3.63) is 103 Å². The predicted molar refractivity (Wildman–Crippen MR) is 149 cm³/mol. The van der Waals surface area contributed by atoms with Gasteiger partial charge in [-0.1, -0.05) is 31.5 Å². The largest absolute Gasteiger partial charge is 0.494 e. The van der Waals surface area contributed by atoms with Gasteiger partial charge in [-0.15, -0.1) is 0 Å². The van der Waals surface area contributed by atoms with Crippen molar-refractivity contribution in [3.63, 3.8) is 0 Å². The molecule has 0 saturated carbocycles. The number of aromatic amines is 1. The number of anilines is 2. The number of nitrogens with zero attached hydrogens (tertiary/aromatic N) is 2. The fourth-order valence-electron chi connectivity index (χ4n) is 4.04. The van der Waals surface area contributed by atoms with Crippen LogP contribution in [0.25, 0.3) is 22.2 Å². The van der Waals surface area contributed by atoms with Gasteiger partial charge in [0.2, 0.25) is 0 Å². The molecule has 0 atom stereocenters. The van der Waals surface area contributed by atoms with E-state index in [1.54, 1.807) is 61.2 Å². The Balaban J connectivity index is 1.28. The molecule has 3 aromatic heterocycles. The van der Waals surface area contributed by atoms with Crippen LogP contribution in [-0.4, -0.2) is 33.4 Å². The highest BCUT2D eigenvalue weighted by atomic mass is 16.5. The van der Waals surface area contributed by atoms with Gasteiger partial charge < -0.3 is 20.4 Å². The van der Waals surface area contributed by atoms with Gasteiger partial charge in [0.15, 0.2) is 5.78 Å². The number of nitrogens with one attached hydrogen (secondary N) is 3. The molecule has 0 aliphatic rings. The Morgan fingerprint density at radius 3 is 2.55 bits per heavy atom. The molecule has 0 saturated heterocycles. The highest BCUT2D eigenvalue weighted by molar-refractivity contribution is 6.16. The zero-order valence-corrected chi connectivity index (χ0v) is 20.9. The lowest BCUT2D eigenvalue weighted by Gasteiger charge is -2.10. The highest BCUT2D eigenvalue weighted by Crippen LogP contribution is 2.26. The van der Waals surface area contributed by atoms with Crippen LogP contribution >= 0.6 is 0 Å². The third-order valence-corrected chi connectivity index (χ3v) is 6.03. The Labute approximate surface area is 220 Å². The molecule has 0 aliphatic heterocycles. The number of carbonyl (C=O) groups is 2. The number of hydrogen-bond acceptors (Lipinski definition) is 5. The average Bonchev–Trinajstić information content (AvgIpc) is 3.38. The van der Waals surface area contributed by atoms with Gasteiger partial charge >= 0.3 is 6.03 Å². The highest BCUT2D eigenvalue weighted by Gasteiger charge is 2.17. The van der Waals surface area contributed by atoms with E-state index in [1.807, 2.05) is 30.3 Å². The van der Waals surface area contributed by atoms with Crippen molar-refractivity contribution >= 4 is 34.2 Å². The Morgan fingerprint density at radius 2 is 1.76 bits per heavy atom. The molecule has 3 N–H and O–H groups in total. The van der Waals surface area contributed by atoms with E-state index in [2.05, 4.69) is 32.5 Å². The van der Waals surface area contributed by atoms with Crippen molar-refractivity contribution in [1.82, 2.24) is 15.0 Å². The molecule has 0 aliphatic carbocycles. The van der Waals surface area contributed by atoms with Crippen molar-refractivity contribution in [2.45, 2.75) is 19.8 Å². The standard InChI is InChI=1S/C30H27N5O3/c1-2-3-14-38-25-11-9-23(10-12-25)34-30(37)35-24-8-4-6-20(15-24)28(36)27-19-33-29-26(27)16-22(18-32-29)21-7-5-13-31-17-21/h4-13,15-19H,2-3,14H2,1H3,(H,32,33)(H2,34,35,37). The molecule has 8 heteroatoms. The Bertz CT molecular complexity index is 1560. The van der Waals surface area contributed by atoms with Crippen LogP contribution in [0.4, 0.5) is 16.2 Å². The van der Waals surface area contributed by atoms with E-state index in [4.69, 9.17) is 4.74 Å². The van der Waals surface area contributed by atoms with E-state index >= 15 is 0 Å². The fourth-order valence-corrected chi connectivity index (χ4v) is 4.04. The molecular weight excluding hydrogens is 478 g/mol. The molecule has 2 amide bonds. The first-order chi connectivity index (χ1) is 18.6. The summed E-state index contributed by atoms with van der Waals surface area (Å²) in [5.74, 6) is 0.583. The molecule has 8 nitrogen and oxygen atoms in total.